The molecule has 0 bridgehead atoms. The van der Waals surface area contributed by atoms with Crippen LogP contribution in [0.5, 0.6) is 11.5 Å². The molecular formula is C17H23N3O5. The monoisotopic (exact) mass is 349 g/mol. The van der Waals surface area contributed by atoms with E-state index in [2.05, 4.69) is 5.32 Å². The number of ether oxygens (including phenoxy) is 3. The van der Waals surface area contributed by atoms with Gasteiger partial charge in [0.15, 0.2) is 11.5 Å². The van der Waals surface area contributed by atoms with Gasteiger partial charge in [-0.3, -0.25) is 4.79 Å². The number of hydrogen-bond donors (Lipinski definition) is 1. The number of nitrogens with one attached hydrogen (secondary N) is 1. The highest BCUT2D eigenvalue weighted by molar-refractivity contribution is 5.97. The lowest BCUT2D eigenvalue weighted by molar-refractivity contribution is -0.117. The van der Waals surface area contributed by atoms with Gasteiger partial charge in [-0.05, 0) is 12.1 Å². The Hall–Kier alpha value is -2.48. The average Bonchev–Trinajstić information content (AvgIpc) is 3.01. The summed E-state index contributed by atoms with van der Waals surface area (Å²) in [7, 11) is 3.12. The number of rotatable bonds is 4. The molecule has 2 heterocycles. The van der Waals surface area contributed by atoms with Gasteiger partial charge in [0, 0.05) is 37.8 Å². The van der Waals surface area contributed by atoms with Gasteiger partial charge in [0.05, 0.1) is 33.5 Å². The van der Waals surface area contributed by atoms with Crippen LogP contribution in [0.1, 0.15) is 6.42 Å². The summed E-state index contributed by atoms with van der Waals surface area (Å²) in [4.78, 5) is 28.0. The van der Waals surface area contributed by atoms with Crippen molar-refractivity contribution in [2.45, 2.75) is 12.5 Å². The molecule has 3 amide bonds. The Kier molecular flexibility index (Phi) is 5.28. The third-order valence-electron chi connectivity index (χ3n) is 4.43. The highest BCUT2D eigenvalue weighted by atomic mass is 16.5. The zero-order valence-electron chi connectivity index (χ0n) is 14.5. The number of methoxy groups -OCH3 is 2. The fraction of sp³-hybridized carbons (Fsp3) is 0.529. The molecule has 8 nitrogen and oxygen atoms in total. The van der Waals surface area contributed by atoms with Crippen molar-refractivity contribution in [1.82, 2.24) is 10.2 Å². The first kappa shape index (κ1) is 17.3. The maximum atomic E-state index is 12.4. The predicted molar refractivity (Wildman–Crippen MR) is 91.2 cm³/mol. The summed E-state index contributed by atoms with van der Waals surface area (Å²) in [5.41, 5.74) is 0.728. The van der Waals surface area contributed by atoms with E-state index in [0.29, 0.717) is 44.3 Å². The van der Waals surface area contributed by atoms with E-state index >= 15 is 0 Å². The average molecular weight is 349 g/mol. The van der Waals surface area contributed by atoms with E-state index in [1.807, 2.05) is 6.07 Å². The molecule has 0 unspecified atom stereocenters. The van der Waals surface area contributed by atoms with Crippen molar-refractivity contribution < 1.29 is 23.8 Å². The number of amides is 3. The zero-order valence-corrected chi connectivity index (χ0v) is 14.5. The number of carbonyl (C=O) groups is 2. The van der Waals surface area contributed by atoms with Gasteiger partial charge in [0.25, 0.3) is 0 Å². The summed E-state index contributed by atoms with van der Waals surface area (Å²) >= 11 is 0. The molecule has 0 saturated carbocycles. The van der Waals surface area contributed by atoms with Crippen molar-refractivity contribution in [3.63, 3.8) is 0 Å². The Bertz CT molecular complexity index is 645. The summed E-state index contributed by atoms with van der Waals surface area (Å²) in [5, 5.41) is 2.94. The third-order valence-corrected chi connectivity index (χ3v) is 4.43. The highest BCUT2D eigenvalue weighted by Crippen LogP contribution is 2.33. The second-order valence-electron chi connectivity index (χ2n) is 5.99. The maximum Gasteiger partial charge on any atom is 0.317 e. The van der Waals surface area contributed by atoms with Crippen molar-refractivity contribution in [3.05, 3.63) is 18.2 Å². The van der Waals surface area contributed by atoms with Crippen LogP contribution in [0.4, 0.5) is 10.5 Å². The van der Waals surface area contributed by atoms with Crippen LogP contribution < -0.4 is 19.7 Å². The fourth-order valence-corrected chi connectivity index (χ4v) is 3.08. The Morgan fingerprint density at radius 1 is 1.20 bits per heavy atom. The summed E-state index contributed by atoms with van der Waals surface area (Å²) in [6.07, 6.45) is 0.282. The first-order valence-corrected chi connectivity index (χ1v) is 8.28. The number of hydrogen-bond acceptors (Lipinski definition) is 5. The zero-order chi connectivity index (χ0) is 17.8. The number of benzene rings is 1. The molecule has 0 aliphatic carbocycles. The molecule has 2 fully saturated rings. The largest absolute Gasteiger partial charge is 0.493 e. The van der Waals surface area contributed by atoms with Gasteiger partial charge in [-0.1, -0.05) is 0 Å². The lowest BCUT2D eigenvalue weighted by Gasteiger charge is -2.28. The summed E-state index contributed by atoms with van der Waals surface area (Å²) in [6, 6.07) is 4.99. The third kappa shape index (κ3) is 3.79. The van der Waals surface area contributed by atoms with Crippen LogP contribution in [0.15, 0.2) is 18.2 Å². The van der Waals surface area contributed by atoms with Crippen LogP contribution in [0.3, 0.4) is 0 Å². The summed E-state index contributed by atoms with van der Waals surface area (Å²) in [5.74, 6) is 1.14. The van der Waals surface area contributed by atoms with E-state index in [1.165, 1.54) is 0 Å². The van der Waals surface area contributed by atoms with Gasteiger partial charge < -0.3 is 29.3 Å². The van der Waals surface area contributed by atoms with Gasteiger partial charge >= 0.3 is 6.03 Å². The van der Waals surface area contributed by atoms with E-state index in [4.69, 9.17) is 14.2 Å². The van der Waals surface area contributed by atoms with Gasteiger partial charge in [-0.2, -0.15) is 0 Å². The fourth-order valence-electron chi connectivity index (χ4n) is 3.08. The minimum atomic E-state index is -0.212. The molecule has 3 rings (SSSR count). The molecule has 0 radical (unpaired) electrons. The second-order valence-corrected chi connectivity index (χ2v) is 5.99. The second kappa shape index (κ2) is 7.60. The lowest BCUT2D eigenvalue weighted by atomic mass is 10.2. The molecule has 2 aliphatic rings. The van der Waals surface area contributed by atoms with E-state index < -0.39 is 0 Å². The number of nitrogens with zero attached hydrogens (tertiary/aromatic N) is 2. The topological polar surface area (TPSA) is 80.3 Å². The lowest BCUT2D eigenvalue weighted by Crippen LogP contribution is -2.49. The molecule has 2 aliphatic heterocycles. The van der Waals surface area contributed by atoms with Crippen LogP contribution in [0, 0.1) is 0 Å². The molecule has 1 aromatic carbocycles. The Morgan fingerprint density at radius 3 is 2.60 bits per heavy atom. The molecule has 0 spiro atoms. The number of anilines is 1. The van der Waals surface area contributed by atoms with Crippen LogP contribution in [-0.4, -0.2) is 69.9 Å². The van der Waals surface area contributed by atoms with Crippen molar-refractivity contribution >= 4 is 17.6 Å². The Labute approximate surface area is 146 Å². The standard InChI is InChI=1S/C17H23N3O5/c1-23-14-4-3-13(10-15(14)24-2)20-11-12(9-16(20)21)18-17(22)19-5-7-25-8-6-19/h3-4,10,12H,5-9,11H2,1-2H3,(H,18,22)/t12-/m0/s1. The van der Waals surface area contributed by atoms with Crippen molar-refractivity contribution in [2.75, 3.05) is 52.0 Å². The number of morpholine rings is 1. The maximum absolute atomic E-state index is 12.4. The van der Waals surface area contributed by atoms with E-state index in [-0.39, 0.29) is 24.4 Å². The first-order valence-electron chi connectivity index (χ1n) is 8.28. The van der Waals surface area contributed by atoms with Crippen LogP contribution in [0.2, 0.25) is 0 Å². The van der Waals surface area contributed by atoms with E-state index in [9.17, 15) is 9.59 Å². The Morgan fingerprint density at radius 2 is 1.92 bits per heavy atom. The molecule has 1 aromatic rings. The summed E-state index contributed by atoms with van der Waals surface area (Å²) in [6.45, 7) is 2.69. The normalized spacial score (nSPS) is 20.6. The predicted octanol–water partition coefficient (Wildman–Crippen LogP) is 0.851. The molecule has 1 N–H and O–H groups in total. The van der Waals surface area contributed by atoms with Crippen LogP contribution in [0.25, 0.3) is 0 Å². The molecule has 136 valence electrons. The van der Waals surface area contributed by atoms with E-state index in [0.717, 1.165) is 5.69 Å². The number of urea groups is 1. The van der Waals surface area contributed by atoms with E-state index in [1.54, 1.807) is 36.2 Å². The van der Waals surface area contributed by atoms with Gasteiger partial charge in [0.1, 0.15) is 0 Å². The number of carbonyl (C=O) groups excluding carboxylic acids is 2. The van der Waals surface area contributed by atoms with Crippen LogP contribution in [-0.2, 0) is 9.53 Å². The highest BCUT2D eigenvalue weighted by Gasteiger charge is 2.33. The Balaban J connectivity index is 1.65. The van der Waals surface area contributed by atoms with Crippen molar-refractivity contribution in [2.24, 2.45) is 0 Å². The molecule has 25 heavy (non-hydrogen) atoms. The molecule has 2 saturated heterocycles. The minimum Gasteiger partial charge on any atom is -0.493 e. The smallest absolute Gasteiger partial charge is 0.317 e. The SMILES string of the molecule is COc1ccc(N2C[C@@H](NC(=O)N3CCOCC3)CC2=O)cc1OC. The molecule has 8 heteroatoms. The minimum absolute atomic E-state index is 0.0282. The van der Waals surface area contributed by atoms with Gasteiger partial charge in [-0.25, -0.2) is 4.79 Å². The summed E-state index contributed by atoms with van der Waals surface area (Å²) < 4.78 is 15.8. The molecular weight excluding hydrogens is 326 g/mol. The van der Waals surface area contributed by atoms with Crippen molar-refractivity contribution in [1.29, 1.82) is 0 Å². The molecule has 0 aromatic heterocycles. The quantitative estimate of drug-likeness (QED) is 0.872. The van der Waals surface area contributed by atoms with Crippen LogP contribution >= 0.6 is 0 Å². The first-order chi connectivity index (χ1) is 12.1. The van der Waals surface area contributed by atoms with Gasteiger partial charge in [-0.15, -0.1) is 0 Å². The molecule has 1 atom stereocenters. The van der Waals surface area contributed by atoms with Gasteiger partial charge in [0.2, 0.25) is 5.91 Å². The van der Waals surface area contributed by atoms with Crippen molar-refractivity contribution in [3.8, 4) is 11.5 Å².